The van der Waals surface area contributed by atoms with Crippen molar-refractivity contribution in [2.75, 3.05) is 10.8 Å². The van der Waals surface area contributed by atoms with Gasteiger partial charge in [-0.05, 0) is 99.2 Å². The van der Waals surface area contributed by atoms with Gasteiger partial charge >= 0.3 is 0 Å². The highest BCUT2D eigenvalue weighted by Gasteiger charge is 2.33. The van der Waals surface area contributed by atoms with Crippen LogP contribution in [0.5, 0.6) is 0 Å². The maximum absolute atomic E-state index is 14.2. The third-order valence-corrected chi connectivity index (χ3v) is 10.2. The Morgan fingerprint density at radius 2 is 1.57 bits per heavy atom. The summed E-state index contributed by atoms with van der Waals surface area (Å²) in [6, 6.07) is 18.2. The Bertz CT molecular complexity index is 1520. The highest BCUT2D eigenvalue weighted by atomic mass is 35.5. The molecule has 0 bridgehead atoms. The second-order valence-corrected chi connectivity index (χ2v) is 13.5. The molecule has 7 nitrogen and oxygen atoms in total. The molecule has 0 aliphatic heterocycles. The summed E-state index contributed by atoms with van der Waals surface area (Å²) in [5.41, 5.74) is 4.14. The Morgan fingerprint density at radius 3 is 2.21 bits per heavy atom. The maximum Gasteiger partial charge on any atom is 0.264 e. The van der Waals surface area contributed by atoms with Gasteiger partial charge in [0, 0.05) is 17.6 Å². The van der Waals surface area contributed by atoms with Gasteiger partial charge in [0.15, 0.2) is 0 Å². The van der Waals surface area contributed by atoms with Crippen molar-refractivity contribution in [1.29, 1.82) is 0 Å². The second-order valence-electron chi connectivity index (χ2n) is 11.2. The third kappa shape index (κ3) is 7.53. The van der Waals surface area contributed by atoms with E-state index < -0.39 is 28.5 Å². The first-order valence-electron chi connectivity index (χ1n) is 14.5. The molecule has 4 rings (SSSR count). The number of aryl methyl sites for hydroxylation is 3. The summed E-state index contributed by atoms with van der Waals surface area (Å²) >= 11 is 6.04. The van der Waals surface area contributed by atoms with Gasteiger partial charge in [0.25, 0.3) is 10.0 Å². The third-order valence-electron chi connectivity index (χ3n) is 8.18. The number of nitrogens with zero attached hydrogens (tertiary/aromatic N) is 2. The van der Waals surface area contributed by atoms with Crippen LogP contribution in [0.25, 0.3) is 0 Å². The van der Waals surface area contributed by atoms with Gasteiger partial charge in [-0.15, -0.1) is 0 Å². The summed E-state index contributed by atoms with van der Waals surface area (Å²) in [5.74, 6) is -0.706. The minimum atomic E-state index is -4.15. The van der Waals surface area contributed by atoms with Crippen LogP contribution >= 0.6 is 11.6 Å². The van der Waals surface area contributed by atoms with E-state index in [0.29, 0.717) is 10.7 Å². The summed E-state index contributed by atoms with van der Waals surface area (Å²) < 4.78 is 29.1. The predicted octanol–water partition coefficient (Wildman–Crippen LogP) is 6.33. The lowest BCUT2D eigenvalue weighted by molar-refractivity contribution is -0.139. The fraction of sp³-hybridized carbons (Fsp3) is 0.394. The van der Waals surface area contributed by atoms with Crippen molar-refractivity contribution in [2.45, 2.75) is 83.3 Å². The van der Waals surface area contributed by atoms with Crippen LogP contribution in [0.3, 0.4) is 0 Å². The van der Waals surface area contributed by atoms with Crippen LogP contribution < -0.4 is 9.62 Å². The second kappa shape index (κ2) is 13.7. The van der Waals surface area contributed by atoms with Crippen molar-refractivity contribution in [3.05, 3.63) is 94.0 Å². The molecule has 42 heavy (non-hydrogen) atoms. The van der Waals surface area contributed by atoms with Crippen LogP contribution in [-0.4, -0.2) is 43.8 Å². The van der Waals surface area contributed by atoms with E-state index in [1.54, 1.807) is 19.1 Å². The lowest BCUT2D eigenvalue weighted by Crippen LogP contribution is -2.53. The topological polar surface area (TPSA) is 86.8 Å². The number of benzene rings is 3. The number of halogens is 1. The average Bonchev–Trinajstić information content (AvgIpc) is 2.97. The van der Waals surface area contributed by atoms with Crippen molar-refractivity contribution in [3.63, 3.8) is 0 Å². The number of anilines is 1. The largest absolute Gasteiger partial charge is 0.352 e. The standard InChI is InChI=1S/C33H40ClN3O4S/c1-23-14-17-30(20-25(23)3)37(42(40,41)31-18-15-28(34)16-19-31)22-32(38)36(21-27-11-9-8-10-24(27)2)26(4)33(39)35-29-12-6-5-7-13-29/h8-11,14-20,26,29H,5-7,12-13,21-22H2,1-4H3,(H,35,39)/t26-/m0/s1. The normalized spacial score (nSPS) is 14.7. The Hall–Kier alpha value is -3.36. The molecule has 0 spiro atoms. The van der Waals surface area contributed by atoms with Crippen LogP contribution in [0, 0.1) is 20.8 Å². The van der Waals surface area contributed by atoms with E-state index in [9.17, 15) is 18.0 Å². The molecule has 1 aliphatic rings. The summed E-state index contributed by atoms with van der Waals surface area (Å²) in [4.78, 5) is 29.2. The average molecular weight is 610 g/mol. The Balaban J connectivity index is 1.70. The highest BCUT2D eigenvalue weighted by molar-refractivity contribution is 7.92. The number of sulfonamides is 1. The summed E-state index contributed by atoms with van der Waals surface area (Å²) in [7, 11) is -4.15. The van der Waals surface area contributed by atoms with E-state index in [4.69, 9.17) is 11.6 Å². The number of hydrogen-bond donors (Lipinski definition) is 1. The van der Waals surface area contributed by atoms with Gasteiger partial charge in [0.1, 0.15) is 12.6 Å². The first kappa shape index (κ1) is 31.6. The van der Waals surface area contributed by atoms with Crippen LogP contribution in [0.4, 0.5) is 5.69 Å². The number of amides is 2. The van der Waals surface area contributed by atoms with Gasteiger partial charge in [-0.25, -0.2) is 8.42 Å². The molecule has 0 saturated heterocycles. The number of carbonyl (C=O) groups excluding carboxylic acids is 2. The lowest BCUT2D eigenvalue weighted by Gasteiger charge is -2.33. The molecule has 0 aromatic heterocycles. The Morgan fingerprint density at radius 1 is 0.905 bits per heavy atom. The van der Waals surface area contributed by atoms with E-state index in [1.165, 1.54) is 29.2 Å². The molecule has 0 radical (unpaired) electrons. The van der Waals surface area contributed by atoms with Crippen LogP contribution in [0.1, 0.15) is 61.3 Å². The number of rotatable bonds is 10. The number of hydrogen-bond acceptors (Lipinski definition) is 4. The number of carbonyl (C=O) groups is 2. The van der Waals surface area contributed by atoms with Crippen molar-refractivity contribution in [2.24, 2.45) is 0 Å². The van der Waals surface area contributed by atoms with Crippen LogP contribution in [0.15, 0.2) is 71.6 Å². The summed E-state index contributed by atoms with van der Waals surface area (Å²) in [6.07, 6.45) is 5.14. The van der Waals surface area contributed by atoms with Crippen LogP contribution in [-0.2, 0) is 26.2 Å². The number of nitrogens with one attached hydrogen (secondary N) is 1. The zero-order chi connectivity index (χ0) is 30.4. The molecule has 0 unspecified atom stereocenters. The smallest absolute Gasteiger partial charge is 0.264 e. The van der Waals surface area contributed by atoms with Crippen molar-refractivity contribution in [1.82, 2.24) is 10.2 Å². The van der Waals surface area contributed by atoms with Crippen molar-refractivity contribution < 1.29 is 18.0 Å². The molecular weight excluding hydrogens is 570 g/mol. The summed E-state index contributed by atoms with van der Waals surface area (Å²) in [5, 5.41) is 3.54. The minimum Gasteiger partial charge on any atom is -0.352 e. The zero-order valence-corrected chi connectivity index (χ0v) is 26.3. The molecule has 3 aromatic rings. The van der Waals surface area contributed by atoms with E-state index in [0.717, 1.165) is 58.7 Å². The van der Waals surface area contributed by atoms with Gasteiger partial charge in [0.2, 0.25) is 11.8 Å². The molecule has 1 N–H and O–H groups in total. The molecule has 1 atom stereocenters. The minimum absolute atomic E-state index is 0.0199. The van der Waals surface area contributed by atoms with Gasteiger partial charge < -0.3 is 10.2 Å². The zero-order valence-electron chi connectivity index (χ0n) is 24.8. The summed E-state index contributed by atoms with van der Waals surface area (Å²) in [6.45, 7) is 7.21. The van der Waals surface area contributed by atoms with Gasteiger partial charge in [0.05, 0.1) is 10.6 Å². The Kier molecular flexibility index (Phi) is 10.3. The van der Waals surface area contributed by atoms with E-state index in [1.807, 2.05) is 51.1 Å². The SMILES string of the molecule is Cc1ccc(N(CC(=O)N(Cc2ccccc2C)[C@@H](C)C(=O)NC2CCCCC2)S(=O)(=O)c2ccc(Cl)cc2)cc1C. The van der Waals surface area contributed by atoms with E-state index in [2.05, 4.69) is 5.32 Å². The lowest BCUT2D eigenvalue weighted by atomic mass is 9.95. The van der Waals surface area contributed by atoms with E-state index in [-0.39, 0.29) is 23.4 Å². The van der Waals surface area contributed by atoms with Crippen molar-refractivity contribution >= 4 is 39.1 Å². The highest BCUT2D eigenvalue weighted by Crippen LogP contribution is 2.27. The first-order valence-corrected chi connectivity index (χ1v) is 16.3. The molecule has 2 amide bonds. The molecule has 0 heterocycles. The molecular formula is C33H40ClN3O4S. The molecule has 1 aliphatic carbocycles. The monoisotopic (exact) mass is 609 g/mol. The van der Waals surface area contributed by atoms with E-state index >= 15 is 0 Å². The fourth-order valence-electron chi connectivity index (χ4n) is 5.27. The molecule has 9 heteroatoms. The predicted molar refractivity (Wildman–Crippen MR) is 168 cm³/mol. The molecule has 1 fully saturated rings. The quantitative estimate of drug-likeness (QED) is 0.291. The van der Waals surface area contributed by atoms with Gasteiger partial charge in [-0.1, -0.05) is 61.2 Å². The molecule has 224 valence electrons. The van der Waals surface area contributed by atoms with Crippen LogP contribution in [0.2, 0.25) is 5.02 Å². The fourth-order valence-corrected chi connectivity index (χ4v) is 6.80. The molecule has 3 aromatic carbocycles. The maximum atomic E-state index is 14.2. The van der Waals surface area contributed by atoms with Gasteiger partial charge in [-0.2, -0.15) is 0 Å². The first-order chi connectivity index (χ1) is 20.0. The van der Waals surface area contributed by atoms with Gasteiger partial charge in [-0.3, -0.25) is 13.9 Å². The Labute approximate surface area is 254 Å². The molecule has 1 saturated carbocycles. The van der Waals surface area contributed by atoms with Crippen molar-refractivity contribution in [3.8, 4) is 0 Å².